The van der Waals surface area contributed by atoms with Gasteiger partial charge in [-0.1, -0.05) is 62.2 Å². The Labute approximate surface area is 110 Å². The molecule has 1 nitrogen and oxygen atoms in total. The van der Waals surface area contributed by atoms with Gasteiger partial charge in [0.15, 0.2) is 0 Å². The van der Waals surface area contributed by atoms with Crippen molar-refractivity contribution in [2.24, 2.45) is 0 Å². The van der Waals surface area contributed by atoms with E-state index in [0.717, 1.165) is 6.54 Å². The van der Waals surface area contributed by atoms with Gasteiger partial charge in [-0.25, -0.2) is 0 Å². The zero-order valence-corrected chi connectivity index (χ0v) is 11.4. The quantitative estimate of drug-likeness (QED) is 0.724. The van der Waals surface area contributed by atoms with Gasteiger partial charge >= 0.3 is 0 Å². The Hall–Kier alpha value is -1.34. The van der Waals surface area contributed by atoms with Crippen LogP contribution in [0.2, 0.25) is 0 Å². The van der Waals surface area contributed by atoms with Gasteiger partial charge < -0.3 is 5.32 Å². The molecule has 2 aromatic rings. The lowest BCUT2D eigenvalue weighted by Gasteiger charge is -2.16. The summed E-state index contributed by atoms with van der Waals surface area (Å²) >= 11 is 0. The highest BCUT2D eigenvalue weighted by molar-refractivity contribution is 5.86. The summed E-state index contributed by atoms with van der Waals surface area (Å²) in [4.78, 5) is 0. The van der Waals surface area contributed by atoms with Crippen LogP contribution in [0.15, 0.2) is 42.5 Å². The van der Waals surface area contributed by atoms with Crippen molar-refractivity contribution >= 4 is 10.8 Å². The van der Waals surface area contributed by atoms with Gasteiger partial charge in [-0.2, -0.15) is 0 Å². The van der Waals surface area contributed by atoms with E-state index in [1.807, 2.05) is 0 Å². The van der Waals surface area contributed by atoms with Gasteiger partial charge in [0, 0.05) is 6.04 Å². The first-order valence-corrected chi connectivity index (χ1v) is 7.04. The Morgan fingerprint density at radius 1 is 1.00 bits per heavy atom. The largest absolute Gasteiger partial charge is 0.310 e. The van der Waals surface area contributed by atoms with Crippen molar-refractivity contribution in [3.8, 4) is 0 Å². The van der Waals surface area contributed by atoms with Crippen molar-refractivity contribution in [1.29, 1.82) is 0 Å². The summed E-state index contributed by atoms with van der Waals surface area (Å²) in [5, 5.41) is 6.33. The molecule has 96 valence electrons. The molecule has 0 aliphatic rings. The predicted molar refractivity (Wildman–Crippen MR) is 79.9 cm³/mol. The van der Waals surface area contributed by atoms with Crippen LogP contribution < -0.4 is 5.32 Å². The second kappa shape index (κ2) is 6.55. The summed E-state index contributed by atoms with van der Waals surface area (Å²) in [6.45, 7) is 5.61. The molecular formula is C17H23N. The second-order valence-corrected chi connectivity index (χ2v) is 4.95. The van der Waals surface area contributed by atoms with Crippen LogP contribution in [0.5, 0.6) is 0 Å². The fraction of sp³-hybridized carbons (Fsp3) is 0.412. The molecule has 0 amide bonds. The molecule has 1 atom stereocenters. The third-order valence-electron chi connectivity index (χ3n) is 3.52. The molecule has 0 spiro atoms. The standard InChI is InChI=1S/C17H23N/c1-3-4-7-13-18-14(2)16-12-8-10-15-9-5-6-11-17(15)16/h5-6,8-12,14,18H,3-4,7,13H2,1-2H3. The molecule has 2 rings (SSSR count). The van der Waals surface area contributed by atoms with Crippen LogP contribution in [0.1, 0.15) is 44.7 Å². The van der Waals surface area contributed by atoms with E-state index < -0.39 is 0 Å². The molecule has 0 fully saturated rings. The zero-order chi connectivity index (χ0) is 12.8. The monoisotopic (exact) mass is 241 g/mol. The molecule has 2 aromatic carbocycles. The predicted octanol–water partition coefficient (Wildman–Crippen LogP) is 4.68. The molecule has 0 saturated carbocycles. The SMILES string of the molecule is CCCCCNC(C)c1cccc2ccccc12. The molecule has 1 N–H and O–H groups in total. The zero-order valence-electron chi connectivity index (χ0n) is 11.4. The first kappa shape index (κ1) is 13.1. The third kappa shape index (κ3) is 3.11. The second-order valence-electron chi connectivity index (χ2n) is 4.95. The lowest BCUT2D eigenvalue weighted by Crippen LogP contribution is -2.20. The van der Waals surface area contributed by atoms with Crippen LogP contribution in [-0.4, -0.2) is 6.54 Å². The fourth-order valence-corrected chi connectivity index (χ4v) is 2.43. The minimum absolute atomic E-state index is 0.424. The Bertz CT molecular complexity index is 484. The lowest BCUT2D eigenvalue weighted by atomic mass is 9.99. The maximum atomic E-state index is 3.63. The lowest BCUT2D eigenvalue weighted by molar-refractivity contribution is 0.546. The molecule has 0 saturated heterocycles. The first-order chi connectivity index (χ1) is 8.83. The van der Waals surface area contributed by atoms with Crippen molar-refractivity contribution in [3.63, 3.8) is 0 Å². The highest BCUT2D eigenvalue weighted by Crippen LogP contribution is 2.23. The summed E-state index contributed by atoms with van der Waals surface area (Å²) in [5.41, 5.74) is 1.41. The smallest absolute Gasteiger partial charge is 0.0297 e. The topological polar surface area (TPSA) is 12.0 Å². The highest BCUT2D eigenvalue weighted by Gasteiger charge is 2.07. The third-order valence-corrected chi connectivity index (χ3v) is 3.52. The van der Waals surface area contributed by atoms with Crippen LogP contribution in [0.3, 0.4) is 0 Å². The molecule has 1 heteroatoms. The summed E-state index contributed by atoms with van der Waals surface area (Å²) in [7, 11) is 0. The van der Waals surface area contributed by atoms with Gasteiger partial charge in [0.2, 0.25) is 0 Å². The number of rotatable bonds is 6. The average Bonchev–Trinajstić information content (AvgIpc) is 2.43. The Kier molecular flexibility index (Phi) is 4.77. The summed E-state index contributed by atoms with van der Waals surface area (Å²) in [6, 6.07) is 15.6. The number of unbranched alkanes of at least 4 members (excludes halogenated alkanes) is 2. The number of benzene rings is 2. The minimum atomic E-state index is 0.424. The molecule has 0 heterocycles. The van der Waals surface area contributed by atoms with Crippen LogP contribution in [0, 0.1) is 0 Å². The number of hydrogen-bond donors (Lipinski definition) is 1. The van der Waals surface area contributed by atoms with E-state index in [-0.39, 0.29) is 0 Å². The van der Waals surface area contributed by atoms with Gasteiger partial charge in [-0.3, -0.25) is 0 Å². The van der Waals surface area contributed by atoms with Crippen molar-refractivity contribution in [2.75, 3.05) is 6.54 Å². The van der Waals surface area contributed by atoms with Gasteiger partial charge in [0.1, 0.15) is 0 Å². The van der Waals surface area contributed by atoms with Crippen molar-refractivity contribution in [2.45, 2.75) is 39.2 Å². The number of hydrogen-bond acceptors (Lipinski definition) is 1. The molecule has 1 unspecified atom stereocenters. The molecule has 0 radical (unpaired) electrons. The van der Waals surface area contributed by atoms with E-state index in [2.05, 4.69) is 61.6 Å². The molecule has 0 aromatic heterocycles. The van der Waals surface area contributed by atoms with Crippen molar-refractivity contribution in [3.05, 3.63) is 48.0 Å². The van der Waals surface area contributed by atoms with E-state index in [1.165, 1.54) is 35.6 Å². The van der Waals surface area contributed by atoms with Crippen LogP contribution in [0.4, 0.5) is 0 Å². The molecule has 0 aliphatic heterocycles. The number of nitrogens with one attached hydrogen (secondary N) is 1. The number of fused-ring (bicyclic) bond motifs is 1. The van der Waals surface area contributed by atoms with Gasteiger partial charge in [-0.05, 0) is 36.2 Å². The van der Waals surface area contributed by atoms with E-state index >= 15 is 0 Å². The molecule has 0 bridgehead atoms. The van der Waals surface area contributed by atoms with Crippen molar-refractivity contribution in [1.82, 2.24) is 5.32 Å². The first-order valence-electron chi connectivity index (χ1n) is 7.04. The normalized spacial score (nSPS) is 12.8. The van der Waals surface area contributed by atoms with Crippen LogP contribution >= 0.6 is 0 Å². The van der Waals surface area contributed by atoms with Gasteiger partial charge in [0.25, 0.3) is 0 Å². The summed E-state index contributed by atoms with van der Waals surface area (Å²) in [6.07, 6.45) is 3.87. The summed E-state index contributed by atoms with van der Waals surface area (Å²) < 4.78 is 0. The van der Waals surface area contributed by atoms with Crippen LogP contribution in [-0.2, 0) is 0 Å². The van der Waals surface area contributed by atoms with Gasteiger partial charge in [0.05, 0.1) is 0 Å². The minimum Gasteiger partial charge on any atom is -0.310 e. The van der Waals surface area contributed by atoms with E-state index in [9.17, 15) is 0 Å². The molecule has 18 heavy (non-hydrogen) atoms. The van der Waals surface area contributed by atoms with E-state index in [1.54, 1.807) is 0 Å². The fourth-order valence-electron chi connectivity index (χ4n) is 2.43. The van der Waals surface area contributed by atoms with E-state index in [4.69, 9.17) is 0 Å². The Balaban J connectivity index is 2.10. The highest BCUT2D eigenvalue weighted by atomic mass is 14.9. The summed E-state index contributed by atoms with van der Waals surface area (Å²) in [5.74, 6) is 0. The average molecular weight is 241 g/mol. The maximum Gasteiger partial charge on any atom is 0.0297 e. The van der Waals surface area contributed by atoms with E-state index in [0.29, 0.717) is 6.04 Å². The Morgan fingerprint density at radius 3 is 2.61 bits per heavy atom. The molecular weight excluding hydrogens is 218 g/mol. The Morgan fingerprint density at radius 2 is 1.78 bits per heavy atom. The maximum absolute atomic E-state index is 3.63. The van der Waals surface area contributed by atoms with Gasteiger partial charge in [-0.15, -0.1) is 0 Å². The van der Waals surface area contributed by atoms with Crippen LogP contribution in [0.25, 0.3) is 10.8 Å². The van der Waals surface area contributed by atoms with Crippen molar-refractivity contribution < 1.29 is 0 Å². The molecule has 0 aliphatic carbocycles.